The third kappa shape index (κ3) is 5.37. The molecule has 6 heteroatoms. The van der Waals surface area contributed by atoms with E-state index in [4.69, 9.17) is 4.98 Å². The van der Waals surface area contributed by atoms with E-state index < -0.39 is 0 Å². The van der Waals surface area contributed by atoms with Gasteiger partial charge in [0.1, 0.15) is 5.82 Å². The van der Waals surface area contributed by atoms with Crippen LogP contribution in [-0.2, 0) is 11.3 Å². The number of carbonyl (C=O) groups is 1. The summed E-state index contributed by atoms with van der Waals surface area (Å²) < 4.78 is 14.2. The number of amides is 1. The molecule has 3 nitrogen and oxygen atoms in total. The molecule has 0 N–H and O–H groups in total. The fourth-order valence-corrected chi connectivity index (χ4v) is 5.45. The van der Waals surface area contributed by atoms with Crippen molar-refractivity contribution in [1.29, 1.82) is 0 Å². The number of rotatable bonds is 8. The summed E-state index contributed by atoms with van der Waals surface area (Å²) in [5.74, 6) is 0.638. The Morgan fingerprint density at radius 1 is 1.00 bits per heavy atom. The fraction of sp³-hybridized carbons (Fsp3) is 0.231. The molecule has 4 rings (SSSR count). The van der Waals surface area contributed by atoms with Crippen molar-refractivity contribution in [2.45, 2.75) is 38.1 Å². The first kappa shape index (κ1) is 22.5. The third-order valence-corrected chi connectivity index (χ3v) is 7.58. The van der Waals surface area contributed by atoms with Gasteiger partial charge in [0.25, 0.3) is 0 Å². The highest BCUT2D eigenvalue weighted by molar-refractivity contribution is 7.99. The van der Waals surface area contributed by atoms with Crippen molar-refractivity contribution < 1.29 is 9.18 Å². The summed E-state index contributed by atoms with van der Waals surface area (Å²) in [5, 5.41) is 0.748. The molecule has 1 amide bonds. The molecule has 32 heavy (non-hydrogen) atoms. The Hall–Kier alpha value is -2.70. The van der Waals surface area contributed by atoms with E-state index >= 15 is 0 Å². The van der Waals surface area contributed by atoms with Crippen LogP contribution in [0.1, 0.15) is 29.5 Å². The molecule has 0 unspecified atom stereocenters. The maximum Gasteiger partial charge on any atom is 0.229 e. The van der Waals surface area contributed by atoms with Crippen molar-refractivity contribution in [3.8, 4) is 0 Å². The molecular weight excluding hydrogens is 439 g/mol. The number of carbonyl (C=O) groups excluding carboxylic acids is 1. The van der Waals surface area contributed by atoms with Gasteiger partial charge in [-0.1, -0.05) is 53.8 Å². The SMILES string of the molecule is Cc1ccc(C)c2sc(N(Cc3ccccc3)C(=O)CCCSc3ccc(F)cc3)nc12. The van der Waals surface area contributed by atoms with Gasteiger partial charge >= 0.3 is 0 Å². The van der Waals surface area contributed by atoms with Gasteiger partial charge in [-0.3, -0.25) is 9.69 Å². The Kier molecular flexibility index (Phi) is 7.22. The lowest BCUT2D eigenvalue weighted by atomic mass is 10.1. The lowest BCUT2D eigenvalue weighted by Gasteiger charge is -2.20. The second-order valence-corrected chi connectivity index (χ2v) is 9.89. The van der Waals surface area contributed by atoms with Gasteiger partial charge in [-0.25, -0.2) is 9.37 Å². The van der Waals surface area contributed by atoms with Gasteiger partial charge in [-0.2, -0.15) is 0 Å². The Morgan fingerprint density at radius 2 is 1.72 bits per heavy atom. The number of aromatic nitrogens is 1. The maximum absolute atomic E-state index is 13.3. The molecule has 4 aromatic rings. The molecule has 0 saturated heterocycles. The second kappa shape index (κ2) is 10.3. The topological polar surface area (TPSA) is 33.2 Å². The normalized spacial score (nSPS) is 11.1. The highest BCUT2D eigenvalue weighted by Crippen LogP contribution is 2.34. The zero-order chi connectivity index (χ0) is 22.5. The zero-order valence-corrected chi connectivity index (χ0v) is 19.8. The Balaban J connectivity index is 1.50. The van der Waals surface area contributed by atoms with Gasteiger partial charge in [-0.15, -0.1) is 11.8 Å². The quantitative estimate of drug-likeness (QED) is 0.205. The highest BCUT2D eigenvalue weighted by Gasteiger charge is 2.21. The summed E-state index contributed by atoms with van der Waals surface area (Å²) in [6.45, 7) is 4.64. The van der Waals surface area contributed by atoms with E-state index in [0.717, 1.165) is 43.5 Å². The highest BCUT2D eigenvalue weighted by atomic mass is 32.2. The molecule has 0 spiro atoms. The number of halogens is 1. The van der Waals surface area contributed by atoms with Crippen molar-refractivity contribution in [2.75, 3.05) is 10.7 Å². The summed E-state index contributed by atoms with van der Waals surface area (Å²) in [7, 11) is 0. The van der Waals surface area contributed by atoms with Crippen LogP contribution >= 0.6 is 23.1 Å². The summed E-state index contributed by atoms with van der Waals surface area (Å²) in [6, 6.07) is 20.7. The number of fused-ring (bicyclic) bond motifs is 1. The maximum atomic E-state index is 13.3. The zero-order valence-electron chi connectivity index (χ0n) is 18.2. The molecule has 0 saturated carbocycles. The molecule has 164 valence electrons. The van der Waals surface area contributed by atoms with Gasteiger partial charge in [0.15, 0.2) is 5.13 Å². The van der Waals surface area contributed by atoms with Gasteiger partial charge < -0.3 is 0 Å². The Bertz CT molecular complexity index is 1170. The first-order valence-corrected chi connectivity index (χ1v) is 12.4. The molecule has 0 aliphatic carbocycles. The molecule has 3 aromatic carbocycles. The average Bonchev–Trinajstić information content (AvgIpc) is 3.26. The molecule has 0 atom stereocenters. The first-order valence-electron chi connectivity index (χ1n) is 10.6. The summed E-state index contributed by atoms with van der Waals surface area (Å²) in [4.78, 5) is 21.0. The first-order chi connectivity index (χ1) is 15.5. The Labute approximate surface area is 196 Å². The standard InChI is InChI=1S/C26H25FN2OS2/c1-18-10-11-19(2)25-24(18)28-26(32-25)29(17-20-7-4-3-5-8-20)23(30)9-6-16-31-22-14-12-21(27)13-15-22/h3-5,7-8,10-15H,6,9,16-17H2,1-2H3. The van der Waals surface area contributed by atoms with Crippen LogP contribution in [0.5, 0.6) is 0 Å². The molecule has 0 aliphatic heterocycles. The van der Waals surface area contributed by atoms with Crippen molar-refractivity contribution in [3.05, 3.63) is 89.2 Å². The minimum atomic E-state index is -0.234. The van der Waals surface area contributed by atoms with Gasteiger partial charge in [0.2, 0.25) is 5.91 Å². The number of aryl methyl sites for hydroxylation is 2. The van der Waals surface area contributed by atoms with Crippen LogP contribution in [-0.4, -0.2) is 16.6 Å². The van der Waals surface area contributed by atoms with E-state index in [-0.39, 0.29) is 11.7 Å². The van der Waals surface area contributed by atoms with Gasteiger partial charge in [0.05, 0.1) is 16.8 Å². The predicted octanol–water partition coefficient (Wildman–Crippen LogP) is 7.16. The predicted molar refractivity (Wildman–Crippen MR) is 133 cm³/mol. The van der Waals surface area contributed by atoms with E-state index in [0.29, 0.717) is 13.0 Å². The largest absolute Gasteiger partial charge is 0.284 e. The van der Waals surface area contributed by atoms with Crippen molar-refractivity contribution in [2.24, 2.45) is 0 Å². The summed E-state index contributed by atoms with van der Waals surface area (Å²) >= 11 is 3.22. The number of thiazole rings is 1. The lowest BCUT2D eigenvalue weighted by molar-refractivity contribution is -0.118. The van der Waals surface area contributed by atoms with E-state index in [1.807, 2.05) is 35.2 Å². The third-order valence-electron chi connectivity index (χ3n) is 5.26. The van der Waals surface area contributed by atoms with Crippen LogP contribution in [0.25, 0.3) is 10.2 Å². The van der Waals surface area contributed by atoms with Crippen LogP contribution in [0, 0.1) is 19.7 Å². The van der Waals surface area contributed by atoms with Crippen LogP contribution in [0.3, 0.4) is 0 Å². The van der Waals surface area contributed by atoms with E-state index in [2.05, 4.69) is 26.0 Å². The number of anilines is 1. The van der Waals surface area contributed by atoms with Crippen molar-refractivity contribution in [1.82, 2.24) is 4.98 Å². The van der Waals surface area contributed by atoms with Crippen LogP contribution < -0.4 is 4.90 Å². The molecule has 1 heterocycles. The van der Waals surface area contributed by atoms with Crippen LogP contribution in [0.15, 0.2) is 71.6 Å². The summed E-state index contributed by atoms with van der Waals surface area (Å²) in [5.41, 5.74) is 4.35. The van der Waals surface area contributed by atoms with E-state index in [1.54, 1.807) is 35.2 Å². The van der Waals surface area contributed by atoms with Crippen molar-refractivity contribution >= 4 is 44.4 Å². The summed E-state index contributed by atoms with van der Waals surface area (Å²) in [6.07, 6.45) is 1.18. The minimum absolute atomic E-state index is 0.0721. The lowest BCUT2D eigenvalue weighted by Crippen LogP contribution is -2.30. The molecular formula is C26H25FN2OS2. The molecule has 0 fully saturated rings. The number of nitrogens with zero attached hydrogens (tertiary/aromatic N) is 2. The second-order valence-electron chi connectivity index (χ2n) is 7.74. The Morgan fingerprint density at radius 3 is 2.44 bits per heavy atom. The van der Waals surface area contributed by atoms with E-state index in [9.17, 15) is 9.18 Å². The molecule has 1 aromatic heterocycles. The monoisotopic (exact) mass is 464 g/mol. The van der Waals surface area contributed by atoms with Gasteiger partial charge in [-0.05, 0) is 67.0 Å². The fourth-order valence-electron chi connectivity index (χ4n) is 3.47. The number of benzene rings is 3. The van der Waals surface area contributed by atoms with Crippen LogP contribution in [0.2, 0.25) is 0 Å². The molecule has 0 bridgehead atoms. The van der Waals surface area contributed by atoms with Gasteiger partial charge in [0, 0.05) is 11.3 Å². The van der Waals surface area contributed by atoms with Crippen LogP contribution in [0.4, 0.5) is 9.52 Å². The molecule has 0 radical (unpaired) electrons. The van der Waals surface area contributed by atoms with E-state index in [1.165, 1.54) is 17.7 Å². The number of hydrogen-bond acceptors (Lipinski definition) is 4. The smallest absolute Gasteiger partial charge is 0.229 e. The number of hydrogen-bond donors (Lipinski definition) is 0. The van der Waals surface area contributed by atoms with Crippen molar-refractivity contribution in [3.63, 3.8) is 0 Å². The number of thioether (sulfide) groups is 1. The minimum Gasteiger partial charge on any atom is -0.284 e. The average molecular weight is 465 g/mol. The molecule has 0 aliphatic rings.